The summed E-state index contributed by atoms with van der Waals surface area (Å²) in [4.78, 5) is 47.1. The fourth-order valence-corrected chi connectivity index (χ4v) is 3.33. The van der Waals surface area contributed by atoms with Gasteiger partial charge in [-0.3, -0.25) is 0 Å². The van der Waals surface area contributed by atoms with Gasteiger partial charge in [0.2, 0.25) is 0 Å². The number of hydrogen-bond donors (Lipinski definition) is 0. The predicted octanol–water partition coefficient (Wildman–Crippen LogP) is 3.71. The molecule has 4 aromatic rings. The lowest BCUT2D eigenvalue weighted by Gasteiger charge is -2.06. The number of rotatable bonds is 6. The minimum atomic E-state index is -0.895. The summed E-state index contributed by atoms with van der Waals surface area (Å²) in [6, 6.07) is 12.1. The second-order valence-electron chi connectivity index (χ2n) is 7.18. The lowest BCUT2D eigenvalue weighted by molar-refractivity contribution is -0.152. The van der Waals surface area contributed by atoms with Gasteiger partial charge in [-0.1, -0.05) is 0 Å². The summed E-state index contributed by atoms with van der Waals surface area (Å²) in [5, 5.41) is 1.25. The van der Waals surface area contributed by atoms with Crippen LogP contribution >= 0.6 is 0 Å². The SMILES string of the molecule is COc1cc2oc(=O)ccc2cc1/C=C/C(=O)OC(=O)/C=C/c1cc2ccc(=O)oc2cc1OC. The molecule has 0 saturated carbocycles. The van der Waals surface area contributed by atoms with Gasteiger partial charge in [0.1, 0.15) is 22.7 Å². The zero-order valence-electron chi connectivity index (χ0n) is 18.6. The number of benzene rings is 2. The molecular weight excluding hydrogens is 456 g/mol. The van der Waals surface area contributed by atoms with Crippen LogP contribution in [0.3, 0.4) is 0 Å². The van der Waals surface area contributed by atoms with E-state index in [0.29, 0.717) is 44.6 Å². The van der Waals surface area contributed by atoms with Crippen LogP contribution in [0.5, 0.6) is 11.5 Å². The molecule has 0 N–H and O–H groups in total. The Kier molecular flexibility index (Phi) is 6.59. The van der Waals surface area contributed by atoms with Crippen LogP contribution in [0.4, 0.5) is 0 Å². The van der Waals surface area contributed by atoms with Gasteiger partial charge in [0.15, 0.2) is 0 Å². The minimum absolute atomic E-state index is 0.334. The summed E-state index contributed by atoms with van der Waals surface area (Å²) in [5.41, 5.74) is 0.709. The maximum Gasteiger partial charge on any atom is 0.338 e. The van der Waals surface area contributed by atoms with Crippen LogP contribution in [0.2, 0.25) is 0 Å². The molecule has 0 aliphatic heterocycles. The summed E-state index contributed by atoms with van der Waals surface area (Å²) in [7, 11) is 2.86. The quantitative estimate of drug-likeness (QED) is 0.178. The Balaban J connectivity index is 1.48. The standard InChI is InChI=1S/C26H18O9/c1-31-19-13-21-17(5-7-23(27)33-21)11-15(19)3-9-25(29)35-26(30)10-4-16-12-18-6-8-24(28)34-22(18)14-20(16)32-2/h3-14H,1-2H3/b9-3+,10-4+. The van der Waals surface area contributed by atoms with Crippen molar-refractivity contribution in [3.05, 3.63) is 92.7 Å². The van der Waals surface area contributed by atoms with Gasteiger partial charge < -0.3 is 23.0 Å². The summed E-state index contributed by atoms with van der Waals surface area (Å²) in [6.45, 7) is 0. The molecule has 0 saturated heterocycles. The van der Waals surface area contributed by atoms with Crippen molar-refractivity contribution < 1.29 is 32.6 Å². The molecule has 0 atom stereocenters. The van der Waals surface area contributed by atoms with E-state index in [9.17, 15) is 19.2 Å². The van der Waals surface area contributed by atoms with Crippen molar-refractivity contribution in [3.63, 3.8) is 0 Å². The van der Waals surface area contributed by atoms with E-state index >= 15 is 0 Å². The molecule has 35 heavy (non-hydrogen) atoms. The molecular formula is C26H18O9. The number of methoxy groups -OCH3 is 2. The van der Waals surface area contributed by atoms with Gasteiger partial charge in [0.25, 0.3) is 0 Å². The minimum Gasteiger partial charge on any atom is -0.496 e. The molecule has 176 valence electrons. The molecule has 0 unspecified atom stereocenters. The first kappa shape index (κ1) is 23.2. The van der Waals surface area contributed by atoms with E-state index in [4.69, 9.17) is 23.0 Å². The predicted molar refractivity (Wildman–Crippen MR) is 127 cm³/mol. The highest BCUT2D eigenvalue weighted by Crippen LogP contribution is 2.27. The maximum absolute atomic E-state index is 12.1. The molecule has 0 bridgehead atoms. The summed E-state index contributed by atoms with van der Waals surface area (Å²) in [5.74, 6) is -1.06. The molecule has 0 aliphatic carbocycles. The highest BCUT2D eigenvalue weighted by atomic mass is 16.6. The number of esters is 2. The lowest BCUT2D eigenvalue weighted by atomic mass is 10.1. The van der Waals surface area contributed by atoms with Gasteiger partial charge in [0.05, 0.1) is 14.2 Å². The van der Waals surface area contributed by atoms with Crippen molar-refractivity contribution in [2.45, 2.75) is 0 Å². The third kappa shape index (κ3) is 5.36. The number of carbonyl (C=O) groups is 2. The topological polar surface area (TPSA) is 122 Å². The molecule has 2 heterocycles. The first-order valence-corrected chi connectivity index (χ1v) is 10.2. The molecule has 0 fully saturated rings. The number of hydrogen-bond acceptors (Lipinski definition) is 9. The van der Waals surface area contributed by atoms with Gasteiger partial charge in [-0.2, -0.15) is 0 Å². The van der Waals surface area contributed by atoms with Crippen molar-refractivity contribution in [2.75, 3.05) is 14.2 Å². The fraction of sp³-hybridized carbons (Fsp3) is 0.0769. The van der Waals surface area contributed by atoms with E-state index in [0.717, 1.165) is 12.2 Å². The molecule has 2 aromatic heterocycles. The van der Waals surface area contributed by atoms with E-state index < -0.39 is 23.2 Å². The molecule has 0 radical (unpaired) electrons. The van der Waals surface area contributed by atoms with Gasteiger partial charge in [-0.15, -0.1) is 0 Å². The van der Waals surface area contributed by atoms with Crippen LogP contribution in [0, 0.1) is 0 Å². The third-order valence-corrected chi connectivity index (χ3v) is 4.94. The molecule has 9 heteroatoms. The smallest absolute Gasteiger partial charge is 0.338 e. The normalized spacial score (nSPS) is 11.4. The van der Waals surface area contributed by atoms with Crippen molar-refractivity contribution >= 4 is 46.0 Å². The lowest BCUT2D eigenvalue weighted by Crippen LogP contribution is -2.07. The summed E-state index contributed by atoms with van der Waals surface area (Å²) < 4.78 is 25.6. The van der Waals surface area contributed by atoms with Crippen LogP contribution in [0.25, 0.3) is 34.1 Å². The van der Waals surface area contributed by atoms with E-state index in [1.54, 1.807) is 24.3 Å². The van der Waals surface area contributed by atoms with Crippen LogP contribution in [0.15, 0.2) is 79.1 Å². The highest BCUT2D eigenvalue weighted by molar-refractivity contribution is 6.00. The zero-order valence-corrected chi connectivity index (χ0v) is 18.6. The molecule has 0 aliphatic rings. The monoisotopic (exact) mass is 474 g/mol. The molecule has 0 spiro atoms. The Labute approximate surface area is 197 Å². The number of fused-ring (bicyclic) bond motifs is 2. The van der Waals surface area contributed by atoms with Gasteiger partial charge in [-0.05, 0) is 36.4 Å². The Hall–Kier alpha value is -4.92. The van der Waals surface area contributed by atoms with Crippen LogP contribution in [-0.2, 0) is 14.3 Å². The second-order valence-corrected chi connectivity index (χ2v) is 7.18. The summed E-state index contributed by atoms with van der Waals surface area (Å²) >= 11 is 0. The first-order valence-electron chi connectivity index (χ1n) is 10.2. The fourth-order valence-electron chi connectivity index (χ4n) is 3.33. The van der Waals surface area contributed by atoms with Crippen LogP contribution in [0.1, 0.15) is 11.1 Å². The van der Waals surface area contributed by atoms with Crippen molar-refractivity contribution in [2.24, 2.45) is 0 Å². The van der Waals surface area contributed by atoms with Crippen LogP contribution < -0.4 is 20.7 Å². The van der Waals surface area contributed by atoms with Gasteiger partial charge >= 0.3 is 23.2 Å². The van der Waals surface area contributed by atoms with E-state index in [-0.39, 0.29) is 0 Å². The van der Waals surface area contributed by atoms with E-state index in [2.05, 4.69) is 0 Å². The number of ether oxygens (including phenoxy) is 3. The van der Waals surface area contributed by atoms with Gasteiger partial charge in [-0.25, -0.2) is 19.2 Å². The average Bonchev–Trinajstić information content (AvgIpc) is 2.85. The second kappa shape index (κ2) is 9.92. The zero-order chi connectivity index (χ0) is 24.9. The maximum atomic E-state index is 12.1. The average molecular weight is 474 g/mol. The van der Waals surface area contributed by atoms with Crippen molar-refractivity contribution in [1.29, 1.82) is 0 Å². The summed E-state index contributed by atoms with van der Waals surface area (Å²) in [6.07, 6.45) is 4.99. The number of carbonyl (C=O) groups excluding carboxylic acids is 2. The molecule has 2 aromatic carbocycles. The molecule has 0 amide bonds. The molecule has 9 nitrogen and oxygen atoms in total. The van der Waals surface area contributed by atoms with Crippen molar-refractivity contribution in [1.82, 2.24) is 0 Å². The first-order chi connectivity index (χ1) is 16.9. The Morgan fingerprint density at radius 2 is 1.11 bits per heavy atom. The van der Waals surface area contributed by atoms with Crippen LogP contribution in [-0.4, -0.2) is 26.2 Å². The van der Waals surface area contributed by atoms with Crippen molar-refractivity contribution in [3.8, 4) is 11.5 Å². The molecule has 4 rings (SSSR count). The highest BCUT2D eigenvalue weighted by Gasteiger charge is 2.10. The Morgan fingerprint density at radius 1 is 0.686 bits per heavy atom. The van der Waals surface area contributed by atoms with E-state index in [1.165, 1.54) is 50.6 Å². The van der Waals surface area contributed by atoms with Gasteiger partial charge in [0, 0.05) is 58.3 Å². The largest absolute Gasteiger partial charge is 0.496 e. The third-order valence-electron chi connectivity index (χ3n) is 4.94. The Morgan fingerprint density at radius 3 is 1.51 bits per heavy atom. The Bertz CT molecular complexity index is 1500. The van der Waals surface area contributed by atoms with E-state index in [1.807, 2.05) is 0 Å².